The van der Waals surface area contributed by atoms with E-state index in [0.29, 0.717) is 23.0 Å². The molecule has 2 amide bonds. The van der Waals surface area contributed by atoms with E-state index < -0.39 is 12.1 Å². The lowest BCUT2D eigenvalue weighted by Gasteiger charge is -2.34. The van der Waals surface area contributed by atoms with Crippen LogP contribution >= 0.6 is 11.6 Å². The van der Waals surface area contributed by atoms with Gasteiger partial charge in [0.05, 0.1) is 12.6 Å². The predicted octanol–water partition coefficient (Wildman–Crippen LogP) is 1.28. The van der Waals surface area contributed by atoms with Crippen LogP contribution in [0.25, 0.3) is 0 Å². The van der Waals surface area contributed by atoms with Crippen molar-refractivity contribution in [2.45, 2.75) is 18.7 Å². The van der Waals surface area contributed by atoms with E-state index in [1.807, 2.05) is 0 Å². The van der Waals surface area contributed by atoms with Crippen LogP contribution in [0.2, 0.25) is 5.02 Å². The quantitative estimate of drug-likeness (QED) is 0.871. The molecule has 0 bridgehead atoms. The van der Waals surface area contributed by atoms with Crippen molar-refractivity contribution in [3.8, 4) is 0 Å². The Morgan fingerprint density at radius 2 is 2.25 bits per heavy atom. The number of hydrogen-bond acceptors (Lipinski definition) is 4. The summed E-state index contributed by atoms with van der Waals surface area (Å²) in [6, 6.07) is 6.44. The number of nitrogens with one attached hydrogen (secondary N) is 2. The number of carbonyl (C=O) groups is 2. The van der Waals surface area contributed by atoms with Crippen LogP contribution in [0.1, 0.15) is 17.4 Å². The summed E-state index contributed by atoms with van der Waals surface area (Å²) in [6.45, 7) is 0.154. The van der Waals surface area contributed by atoms with Crippen molar-refractivity contribution in [1.29, 1.82) is 0 Å². The van der Waals surface area contributed by atoms with E-state index in [4.69, 9.17) is 16.3 Å². The Hall–Kier alpha value is -2.38. The van der Waals surface area contributed by atoms with Crippen molar-refractivity contribution < 1.29 is 14.3 Å². The Morgan fingerprint density at radius 1 is 1.46 bits per heavy atom. The molecule has 24 heavy (non-hydrogen) atoms. The largest absolute Gasteiger partial charge is 0.356 e. The molecular formula is C16H17ClN4O3. The topological polar surface area (TPSA) is 87.3 Å². The standard InChI is InChI=1S/C16H17ClN4O3/c1-21(8-12-18-6-7-19-12)16(23)15-14(20-13(22)9-24-15)10-4-2-3-5-11(10)17/h2-7,14-15H,8-9H2,1H3,(H,18,19)(H,20,22)/t14-,15+/m1/s1. The van der Waals surface area contributed by atoms with Gasteiger partial charge in [0.1, 0.15) is 12.4 Å². The molecule has 2 atom stereocenters. The van der Waals surface area contributed by atoms with Gasteiger partial charge in [0, 0.05) is 24.5 Å². The number of aromatic amines is 1. The van der Waals surface area contributed by atoms with Gasteiger partial charge in [-0.2, -0.15) is 0 Å². The number of hydrogen-bond donors (Lipinski definition) is 2. The maximum Gasteiger partial charge on any atom is 0.254 e. The summed E-state index contributed by atoms with van der Waals surface area (Å²) in [5.41, 5.74) is 0.650. The lowest BCUT2D eigenvalue weighted by Crippen LogP contribution is -2.52. The third kappa shape index (κ3) is 3.42. The Kier molecular flexibility index (Phi) is 4.82. The minimum absolute atomic E-state index is 0.161. The molecule has 2 aromatic rings. The minimum atomic E-state index is -0.845. The van der Waals surface area contributed by atoms with Gasteiger partial charge < -0.3 is 19.9 Å². The number of nitrogens with zero attached hydrogens (tertiary/aromatic N) is 2. The lowest BCUT2D eigenvalue weighted by atomic mass is 9.98. The molecular weight excluding hydrogens is 332 g/mol. The van der Waals surface area contributed by atoms with Gasteiger partial charge >= 0.3 is 0 Å². The summed E-state index contributed by atoms with van der Waals surface area (Å²) in [5.74, 6) is 0.133. The van der Waals surface area contributed by atoms with Crippen LogP contribution in [-0.2, 0) is 20.9 Å². The number of halogens is 1. The number of aromatic nitrogens is 2. The number of morpholine rings is 1. The molecule has 0 radical (unpaired) electrons. The highest BCUT2D eigenvalue weighted by atomic mass is 35.5. The number of H-pyrrole nitrogens is 1. The summed E-state index contributed by atoms with van der Waals surface area (Å²) in [7, 11) is 1.66. The molecule has 1 saturated heterocycles. The molecule has 1 aliphatic rings. The number of imidazole rings is 1. The lowest BCUT2D eigenvalue weighted by molar-refractivity contribution is -0.154. The van der Waals surface area contributed by atoms with Gasteiger partial charge in [0.15, 0.2) is 6.10 Å². The molecule has 1 aromatic carbocycles. The number of carbonyl (C=O) groups excluding carboxylic acids is 2. The molecule has 0 aliphatic carbocycles. The average molecular weight is 349 g/mol. The Balaban J connectivity index is 1.82. The van der Waals surface area contributed by atoms with E-state index in [9.17, 15) is 9.59 Å². The van der Waals surface area contributed by atoms with Gasteiger partial charge in [-0.15, -0.1) is 0 Å². The van der Waals surface area contributed by atoms with Crippen LogP contribution < -0.4 is 5.32 Å². The molecule has 8 heteroatoms. The summed E-state index contributed by atoms with van der Waals surface area (Å²) in [4.78, 5) is 33.1. The Morgan fingerprint density at radius 3 is 2.96 bits per heavy atom. The number of ether oxygens (including phenoxy) is 1. The molecule has 1 aliphatic heterocycles. The first-order chi connectivity index (χ1) is 11.6. The first-order valence-corrected chi connectivity index (χ1v) is 7.82. The fourth-order valence-corrected chi connectivity index (χ4v) is 2.89. The highest BCUT2D eigenvalue weighted by Gasteiger charge is 2.38. The molecule has 2 N–H and O–H groups in total. The van der Waals surface area contributed by atoms with Crippen molar-refractivity contribution in [2.24, 2.45) is 0 Å². The normalized spacial score (nSPS) is 20.5. The zero-order valence-electron chi connectivity index (χ0n) is 13.0. The van der Waals surface area contributed by atoms with E-state index in [1.165, 1.54) is 4.90 Å². The molecule has 2 heterocycles. The van der Waals surface area contributed by atoms with Gasteiger partial charge in [-0.05, 0) is 11.6 Å². The second-order valence-electron chi connectivity index (χ2n) is 5.53. The fourth-order valence-electron chi connectivity index (χ4n) is 2.64. The van der Waals surface area contributed by atoms with Crippen LogP contribution in [0.5, 0.6) is 0 Å². The number of benzene rings is 1. The highest BCUT2D eigenvalue weighted by Crippen LogP contribution is 2.29. The summed E-state index contributed by atoms with van der Waals surface area (Å²) >= 11 is 6.22. The molecule has 126 valence electrons. The minimum Gasteiger partial charge on any atom is -0.356 e. The maximum atomic E-state index is 12.8. The van der Waals surface area contributed by atoms with Gasteiger partial charge in [-0.3, -0.25) is 9.59 Å². The zero-order valence-corrected chi connectivity index (χ0v) is 13.8. The third-order valence-corrected chi connectivity index (χ3v) is 4.16. The molecule has 0 saturated carbocycles. The summed E-state index contributed by atoms with van der Waals surface area (Å²) < 4.78 is 5.52. The van der Waals surface area contributed by atoms with Crippen molar-refractivity contribution in [3.05, 3.63) is 53.1 Å². The van der Waals surface area contributed by atoms with E-state index >= 15 is 0 Å². The second kappa shape index (κ2) is 7.02. The van der Waals surface area contributed by atoms with Crippen LogP contribution in [0.4, 0.5) is 0 Å². The molecule has 1 fully saturated rings. The first-order valence-electron chi connectivity index (χ1n) is 7.45. The molecule has 1 aromatic heterocycles. The SMILES string of the molecule is CN(Cc1ncc[nH]1)C(=O)[C@H]1OCC(=O)N[C@@H]1c1ccccc1Cl. The van der Waals surface area contributed by atoms with Crippen LogP contribution in [0.15, 0.2) is 36.7 Å². The third-order valence-electron chi connectivity index (χ3n) is 3.81. The molecule has 7 nitrogen and oxygen atoms in total. The van der Waals surface area contributed by atoms with E-state index in [1.54, 1.807) is 43.7 Å². The van der Waals surface area contributed by atoms with Crippen molar-refractivity contribution in [1.82, 2.24) is 20.2 Å². The van der Waals surface area contributed by atoms with Gasteiger partial charge in [-0.1, -0.05) is 29.8 Å². The summed E-state index contributed by atoms with van der Waals surface area (Å²) in [5, 5.41) is 3.27. The van der Waals surface area contributed by atoms with E-state index in [2.05, 4.69) is 15.3 Å². The smallest absolute Gasteiger partial charge is 0.254 e. The van der Waals surface area contributed by atoms with Crippen molar-refractivity contribution >= 4 is 23.4 Å². The zero-order chi connectivity index (χ0) is 17.1. The Bertz CT molecular complexity index is 735. The molecule has 3 rings (SSSR count). The van der Waals surface area contributed by atoms with Gasteiger partial charge in [0.2, 0.25) is 5.91 Å². The number of amides is 2. The van der Waals surface area contributed by atoms with E-state index in [-0.39, 0.29) is 18.4 Å². The second-order valence-corrected chi connectivity index (χ2v) is 5.94. The number of rotatable bonds is 4. The molecule has 0 unspecified atom stereocenters. The van der Waals surface area contributed by atoms with Gasteiger partial charge in [-0.25, -0.2) is 4.98 Å². The first kappa shape index (κ1) is 16.5. The summed E-state index contributed by atoms with van der Waals surface area (Å²) in [6.07, 6.45) is 2.47. The monoisotopic (exact) mass is 348 g/mol. The number of likely N-dealkylation sites (N-methyl/N-ethyl adjacent to an activating group) is 1. The average Bonchev–Trinajstić information content (AvgIpc) is 3.07. The van der Waals surface area contributed by atoms with Crippen molar-refractivity contribution in [2.75, 3.05) is 13.7 Å². The van der Waals surface area contributed by atoms with Crippen LogP contribution in [-0.4, -0.2) is 46.4 Å². The predicted molar refractivity (Wildman–Crippen MR) is 87.1 cm³/mol. The van der Waals surface area contributed by atoms with Gasteiger partial charge in [0.25, 0.3) is 5.91 Å². The van der Waals surface area contributed by atoms with Crippen LogP contribution in [0.3, 0.4) is 0 Å². The highest BCUT2D eigenvalue weighted by molar-refractivity contribution is 6.31. The Labute approximate surface area is 144 Å². The van der Waals surface area contributed by atoms with Crippen LogP contribution in [0, 0.1) is 0 Å². The van der Waals surface area contributed by atoms with Crippen molar-refractivity contribution in [3.63, 3.8) is 0 Å². The molecule has 0 spiro atoms. The van der Waals surface area contributed by atoms with E-state index in [0.717, 1.165) is 0 Å². The maximum absolute atomic E-state index is 12.8. The fraction of sp³-hybridized carbons (Fsp3) is 0.312.